The predicted molar refractivity (Wildman–Crippen MR) is 126 cm³/mol. The van der Waals surface area contributed by atoms with Crippen molar-refractivity contribution < 1.29 is 5.11 Å². The fraction of sp³-hybridized carbons (Fsp3) is 0.478. The third-order valence-electron chi connectivity index (χ3n) is 5.64. The van der Waals surface area contributed by atoms with Crippen molar-refractivity contribution in [1.82, 2.24) is 14.5 Å². The molecular weight excluding hydrogens is 398 g/mol. The zero-order chi connectivity index (χ0) is 21.8. The van der Waals surface area contributed by atoms with E-state index in [1.54, 1.807) is 0 Å². The average molecular weight is 430 g/mol. The molecule has 7 heteroatoms. The first-order chi connectivity index (χ1) is 14.4. The van der Waals surface area contributed by atoms with Gasteiger partial charge in [0, 0.05) is 27.2 Å². The summed E-state index contributed by atoms with van der Waals surface area (Å²) in [6, 6.07) is 6.12. The first kappa shape index (κ1) is 22.4. The molecule has 2 aromatic heterocycles. The first-order valence-electron chi connectivity index (χ1n) is 10.6. The highest BCUT2D eigenvalue weighted by molar-refractivity contribution is 6.35. The minimum Gasteiger partial charge on any atom is -0.396 e. The van der Waals surface area contributed by atoms with E-state index in [1.165, 1.54) is 5.56 Å². The maximum atomic E-state index is 9.47. The molecule has 3 rings (SSSR count). The van der Waals surface area contributed by atoms with Crippen LogP contribution in [-0.2, 0) is 6.54 Å². The highest BCUT2D eigenvalue weighted by Gasteiger charge is 2.21. The van der Waals surface area contributed by atoms with Crippen molar-refractivity contribution in [2.75, 3.05) is 30.9 Å². The van der Waals surface area contributed by atoms with Crippen molar-refractivity contribution in [3.63, 3.8) is 0 Å². The van der Waals surface area contributed by atoms with Gasteiger partial charge < -0.3 is 19.9 Å². The second-order valence-electron chi connectivity index (χ2n) is 7.89. The Labute approximate surface area is 183 Å². The summed E-state index contributed by atoms with van der Waals surface area (Å²) in [6.07, 6.45) is 4.59. The maximum absolute atomic E-state index is 9.47. The maximum Gasteiger partial charge on any atom is 0.208 e. The fourth-order valence-electron chi connectivity index (χ4n) is 3.87. The molecule has 0 amide bonds. The van der Waals surface area contributed by atoms with Crippen LogP contribution in [0.4, 0.5) is 17.5 Å². The molecule has 1 aromatic carbocycles. The minimum atomic E-state index is 0.123. The lowest BCUT2D eigenvalue weighted by atomic mass is 9.93. The molecule has 0 atom stereocenters. The number of aliphatic hydroxyl groups is 1. The largest absolute Gasteiger partial charge is 0.396 e. The Morgan fingerprint density at radius 3 is 2.57 bits per heavy atom. The average Bonchev–Trinajstić information content (AvgIpc) is 3.09. The van der Waals surface area contributed by atoms with E-state index in [-0.39, 0.29) is 6.61 Å². The standard InChI is InChI=1S/C23H32ClN5O/c1-6-16(7-2)17-9-10-18(24)21-22(17)29(11-8-12-30)23(27-21)26-19-14-25-20(28(4)5)13-15(19)3/h9-10,13-14,16,30H,6-8,11-12H2,1-5H3,(H,26,27). The Bertz CT molecular complexity index is 1010. The molecule has 0 aliphatic rings. The van der Waals surface area contributed by atoms with Gasteiger partial charge in [0.05, 0.1) is 22.4 Å². The van der Waals surface area contributed by atoms with E-state index < -0.39 is 0 Å². The Morgan fingerprint density at radius 1 is 1.23 bits per heavy atom. The zero-order valence-corrected chi connectivity index (χ0v) is 19.3. The minimum absolute atomic E-state index is 0.123. The highest BCUT2D eigenvalue weighted by Crippen LogP contribution is 2.36. The summed E-state index contributed by atoms with van der Waals surface area (Å²) in [5, 5.41) is 13.6. The Balaban J connectivity index is 2.14. The first-order valence-corrected chi connectivity index (χ1v) is 11.0. The monoisotopic (exact) mass is 429 g/mol. The van der Waals surface area contributed by atoms with Crippen LogP contribution in [0.3, 0.4) is 0 Å². The van der Waals surface area contributed by atoms with Gasteiger partial charge in [0.15, 0.2) is 0 Å². The third-order valence-corrected chi connectivity index (χ3v) is 5.95. The van der Waals surface area contributed by atoms with E-state index in [4.69, 9.17) is 16.6 Å². The van der Waals surface area contributed by atoms with E-state index in [0.717, 1.165) is 46.9 Å². The molecule has 0 spiro atoms. The van der Waals surface area contributed by atoms with Gasteiger partial charge >= 0.3 is 0 Å². The number of hydrogen-bond acceptors (Lipinski definition) is 5. The third kappa shape index (κ3) is 4.40. The van der Waals surface area contributed by atoms with E-state index in [0.29, 0.717) is 23.9 Å². The van der Waals surface area contributed by atoms with Crippen LogP contribution >= 0.6 is 11.6 Å². The molecule has 0 radical (unpaired) electrons. The number of aliphatic hydroxyl groups excluding tert-OH is 1. The van der Waals surface area contributed by atoms with Gasteiger partial charge in [-0.25, -0.2) is 9.97 Å². The molecule has 162 valence electrons. The van der Waals surface area contributed by atoms with Gasteiger partial charge in [-0.05, 0) is 55.4 Å². The number of imidazole rings is 1. The molecule has 30 heavy (non-hydrogen) atoms. The molecule has 0 aliphatic heterocycles. The van der Waals surface area contributed by atoms with Gasteiger partial charge in [0.2, 0.25) is 5.95 Å². The second-order valence-corrected chi connectivity index (χ2v) is 8.30. The quantitative estimate of drug-likeness (QED) is 0.470. The number of pyridine rings is 1. The lowest BCUT2D eigenvalue weighted by molar-refractivity contribution is 0.281. The van der Waals surface area contributed by atoms with Gasteiger partial charge in [-0.2, -0.15) is 0 Å². The van der Waals surface area contributed by atoms with E-state index in [9.17, 15) is 5.11 Å². The van der Waals surface area contributed by atoms with Crippen LogP contribution in [0.1, 0.15) is 50.2 Å². The molecule has 6 nitrogen and oxygen atoms in total. The number of hydrogen-bond donors (Lipinski definition) is 2. The molecule has 2 heterocycles. The lowest BCUT2D eigenvalue weighted by Crippen LogP contribution is -2.12. The van der Waals surface area contributed by atoms with Crippen molar-refractivity contribution in [3.8, 4) is 0 Å². The van der Waals surface area contributed by atoms with E-state index >= 15 is 0 Å². The molecule has 2 N–H and O–H groups in total. The summed E-state index contributed by atoms with van der Waals surface area (Å²) in [5.41, 5.74) is 5.11. The number of anilines is 3. The van der Waals surface area contributed by atoms with Gasteiger partial charge in [-0.1, -0.05) is 31.5 Å². The molecule has 0 bridgehead atoms. The molecule has 3 aromatic rings. The molecule has 0 unspecified atom stereocenters. The van der Waals surface area contributed by atoms with E-state index in [2.05, 4.69) is 41.7 Å². The summed E-state index contributed by atoms with van der Waals surface area (Å²) >= 11 is 6.56. The van der Waals surface area contributed by atoms with E-state index in [1.807, 2.05) is 37.3 Å². The molecule has 0 aliphatic carbocycles. The second kappa shape index (κ2) is 9.67. The number of halogens is 1. The van der Waals surface area contributed by atoms with Crippen molar-refractivity contribution in [2.45, 2.75) is 52.5 Å². The van der Waals surface area contributed by atoms with Crippen LogP contribution in [0.15, 0.2) is 24.4 Å². The SMILES string of the molecule is CCC(CC)c1ccc(Cl)c2nc(Nc3cnc(N(C)C)cc3C)n(CCCO)c12. The summed E-state index contributed by atoms with van der Waals surface area (Å²) in [7, 11) is 3.95. The summed E-state index contributed by atoms with van der Waals surface area (Å²) in [4.78, 5) is 11.4. The van der Waals surface area contributed by atoms with Crippen LogP contribution in [-0.4, -0.2) is 40.3 Å². The van der Waals surface area contributed by atoms with Gasteiger partial charge in [-0.3, -0.25) is 0 Å². The Morgan fingerprint density at radius 2 is 1.97 bits per heavy atom. The molecule has 0 saturated heterocycles. The van der Waals surface area contributed by atoms with Crippen LogP contribution in [0.25, 0.3) is 11.0 Å². The molecule has 0 saturated carbocycles. The lowest BCUT2D eigenvalue weighted by Gasteiger charge is -2.18. The normalized spacial score (nSPS) is 11.5. The number of nitrogens with one attached hydrogen (secondary N) is 1. The van der Waals surface area contributed by atoms with Crippen molar-refractivity contribution in [1.29, 1.82) is 0 Å². The number of nitrogens with zero attached hydrogens (tertiary/aromatic N) is 4. The summed E-state index contributed by atoms with van der Waals surface area (Å²) < 4.78 is 2.16. The van der Waals surface area contributed by atoms with Crippen molar-refractivity contribution in [3.05, 3.63) is 40.5 Å². The smallest absolute Gasteiger partial charge is 0.208 e. The zero-order valence-electron chi connectivity index (χ0n) is 18.5. The Kier molecular flexibility index (Phi) is 7.21. The van der Waals surface area contributed by atoms with Crippen molar-refractivity contribution >= 4 is 40.1 Å². The van der Waals surface area contributed by atoms with Gasteiger partial charge in [0.1, 0.15) is 11.3 Å². The number of aryl methyl sites for hydroxylation is 2. The Hall–Kier alpha value is -2.31. The highest BCUT2D eigenvalue weighted by atomic mass is 35.5. The fourth-order valence-corrected chi connectivity index (χ4v) is 4.06. The van der Waals surface area contributed by atoms with Crippen LogP contribution in [0.5, 0.6) is 0 Å². The topological polar surface area (TPSA) is 66.2 Å². The molecule has 0 fully saturated rings. The van der Waals surface area contributed by atoms with Crippen molar-refractivity contribution in [2.24, 2.45) is 0 Å². The van der Waals surface area contributed by atoms with Crippen LogP contribution < -0.4 is 10.2 Å². The van der Waals surface area contributed by atoms with Crippen LogP contribution in [0, 0.1) is 6.92 Å². The number of aromatic nitrogens is 3. The number of rotatable bonds is 9. The van der Waals surface area contributed by atoms with Gasteiger partial charge in [0.25, 0.3) is 0 Å². The summed E-state index contributed by atoms with van der Waals surface area (Å²) in [5.74, 6) is 2.07. The van der Waals surface area contributed by atoms with Crippen LogP contribution in [0.2, 0.25) is 5.02 Å². The van der Waals surface area contributed by atoms with Gasteiger partial charge in [-0.15, -0.1) is 0 Å². The molecular formula is C23H32ClN5O. The number of benzene rings is 1. The summed E-state index contributed by atoms with van der Waals surface area (Å²) in [6.45, 7) is 7.26. The predicted octanol–water partition coefficient (Wildman–Crippen LogP) is 5.49. The number of fused-ring (bicyclic) bond motifs is 1.